The van der Waals surface area contributed by atoms with Gasteiger partial charge >= 0.3 is 0 Å². The topological polar surface area (TPSA) is 32.8 Å². The summed E-state index contributed by atoms with van der Waals surface area (Å²) in [5.41, 5.74) is 4.15. The fourth-order valence-corrected chi connectivity index (χ4v) is 1.23. The molecule has 0 amide bonds. The van der Waals surface area contributed by atoms with Crippen LogP contribution in [-0.2, 0) is 0 Å². The third-order valence-electron chi connectivity index (χ3n) is 1.67. The lowest BCUT2D eigenvalue weighted by Crippen LogP contribution is -2.06. The number of para-hydroxylation sites is 1. The molecule has 1 aromatic heterocycles. The molecule has 0 aliphatic carbocycles. The first kappa shape index (κ1) is 8.07. The highest BCUT2D eigenvalue weighted by molar-refractivity contribution is 7.71. The molecule has 2 rings (SSSR count). The Morgan fingerprint density at radius 3 is 2.62 bits per heavy atom. The van der Waals surface area contributed by atoms with E-state index >= 15 is 0 Å². The van der Waals surface area contributed by atoms with Crippen LogP contribution in [0, 0.1) is 4.77 Å². The number of rotatable bonds is 2. The third-order valence-corrected chi connectivity index (χ3v) is 1.99. The minimum absolute atomic E-state index is 0.656. The summed E-state index contributed by atoms with van der Waals surface area (Å²) in [6, 6.07) is 9.88. The van der Waals surface area contributed by atoms with Crippen molar-refractivity contribution >= 4 is 17.9 Å². The van der Waals surface area contributed by atoms with Crippen LogP contribution in [0.2, 0.25) is 0 Å². The molecule has 66 valence electrons. The summed E-state index contributed by atoms with van der Waals surface area (Å²) < 4.78 is 2.41. The van der Waals surface area contributed by atoms with Gasteiger partial charge in [-0.3, -0.25) is 5.43 Å². The highest BCUT2D eigenvalue weighted by Crippen LogP contribution is 2.05. The first-order valence-electron chi connectivity index (χ1n) is 3.94. The third kappa shape index (κ3) is 1.78. The molecule has 4 heteroatoms. The van der Waals surface area contributed by atoms with Crippen LogP contribution in [0.4, 0.5) is 5.69 Å². The van der Waals surface area contributed by atoms with E-state index in [9.17, 15) is 0 Å². The zero-order valence-corrected chi connectivity index (χ0v) is 7.71. The van der Waals surface area contributed by atoms with Crippen LogP contribution < -0.4 is 5.43 Å². The molecule has 3 nitrogen and oxygen atoms in total. The fourth-order valence-electron chi connectivity index (χ4n) is 1.06. The Labute approximate surface area is 81.0 Å². The Hall–Kier alpha value is -1.55. The summed E-state index contributed by atoms with van der Waals surface area (Å²) in [7, 11) is 0. The van der Waals surface area contributed by atoms with E-state index in [0.29, 0.717) is 4.77 Å². The second kappa shape index (κ2) is 3.45. The maximum Gasteiger partial charge on any atom is 0.196 e. The molecule has 0 atom stereocenters. The van der Waals surface area contributed by atoms with E-state index in [1.54, 1.807) is 10.9 Å². The van der Waals surface area contributed by atoms with Gasteiger partial charge in [0.25, 0.3) is 0 Å². The van der Waals surface area contributed by atoms with E-state index in [4.69, 9.17) is 12.2 Å². The quantitative estimate of drug-likeness (QED) is 0.714. The molecule has 2 N–H and O–H groups in total. The number of imidazole rings is 1. The van der Waals surface area contributed by atoms with Gasteiger partial charge in [0.15, 0.2) is 4.77 Å². The first-order valence-corrected chi connectivity index (χ1v) is 4.35. The van der Waals surface area contributed by atoms with E-state index in [2.05, 4.69) is 10.4 Å². The summed E-state index contributed by atoms with van der Waals surface area (Å²) in [4.78, 5) is 2.90. The summed E-state index contributed by atoms with van der Waals surface area (Å²) in [6.07, 6.45) is 3.63. The minimum atomic E-state index is 0.656. The van der Waals surface area contributed by atoms with Gasteiger partial charge in [-0.1, -0.05) is 18.2 Å². The Balaban J connectivity index is 2.25. The van der Waals surface area contributed by atoms with Crippen LogP contribution in [-0.4, -0.2) is 9.66 Å². The Morgan fingerprint density at radius 1 is 1.23 bits per heavy atom. The summed E-state index contributed by atoms with van der Waals surface area (Å²) in [5.74, 6) is 0. The van der Waals surface area contributed by atoms with Crippen LogP contribution >= 0.6 is 12.2 Å². The number of hydrogen-bond acceptors (Lipinski definition) is 2. The van der Waals surface area contributed by atoms with Gasteiger partial charge < -0.3 is 4.98 Å². The number of aromatic nitrogens is 2. The number of aromatic amines is 1. The lowest BCUT2D eigenvalue weighted by molar-refractivity contribution is 0.935. The predicted molar refractivity (Wildman–Crippen MR) is 55.1 cm³/mol. The van der Waals surface area contributed by atoms with Crippen LogP contribution in [0.3, 0.4) is 0 Å². The molecular formula is C9H9N3S. The number of hydrogen-bond donors (Lipinski definition) is 2. The van der Waals surface area contributed by atoms with Crippen molar-refractivity contribution in [3.8, 4) is 0 Å². The molecular weight excluding hydrogens is 182 g/mol. The van der Waals surface area contributed by atoms with Crippen molar-refractivity contribution in [3.05, 3.63) is 47.5 Å². The maximum atomic E-state index is 5.03. The Kier molecular flexibility index (Phi) is 2.14. The molecule has 0 fully saturated rings. The zero-order valence-electron chi connectivity index (χ0n) is 6.90. The van der Waals surface area contributed by atoms with Crippen LogP contribution in [0.25, 0.3) is 0 Å². The lowest BCUT2D eigenvalue weighted by atomic mass is 10.3. The molecule has 0 radical (unpaired) electrons. The molecule has 1 aromatic carbocycles. The largest absolute Gasteiger partial charge is 0.336 e. The number of H-pyrrole nitrogens is 1. The van der Waals surface area contributed by atoms with Gasteiger partial charge in [0.1, 0.15) is 0 Å². The monoisotopic (exact) mass is 191 g/mol. The van der Waals surface area contributed by atoms with Crippen molar-refractivity contribution < 1.29 is 0 Å². The predicted octanol–water partition coefficient (Wildman–Crippen LogP) is 2.42. The van der Waals surface area contributed by atoms with Crippen LogP contribution in [0.1, 0.15) is 0 Å². The van der Waals surface area contributed by atoms with E-state index < -0.39 is 0 Å². The van der Waals surface area contributed by atoms with Gasteiger partial charge in [0.2, 0.25) is 0 Å². The standard InChI is InChI=1S/C9H9N3S/c13-9-10-6-7-12(9)11-8-4-2-1-3-5-8/h1-7,11H,(H,10,13). The van der Waals surface area contributed by atoms with Gasteiger partial charge in [-0.05, 0) is 24.4 Å². The van der Waals surface area contributed by atoms with Gasteiger partial charge in [0.05, 0.1) is 5.69 Å². The molecule has 0 unspecified atom stereocenters. The number of nitrogens with one attached hydrogen (secondary N) is 2. The molecule has 0 aliphatic rings. The smallest absolute Gasteiger partial charge is 0.196 e. The van der Waals surface area contributed by atoms with Crippen LogP contribution in [0.5, 0.6) is 0 Å². The lowest BCUT2D eigenvalue weighted by Gasteiger charge is -2.05. The summed E-state index contributed by atoms with van der Waals surface area (Å²) in [5, 5.41) is 0. The second-order valence-electron chi connectivity index (χ2n) is 2.61. The highest BCUT2D eigenvalue weighted by Gasteiger charge is 1.91. The van der Waals surface area contributed by atoms with Crippen molar-refractivity contribution in [1.29, 1.82) is 0 Å². The molecule has 1 heterocycles. The normalized spacial score (nSPS) is 9.85. The number of benzene rings is 1. The van der Waals surface area contributed by atoms with E-state index in [1.165, 1.54) is 0 Å². The molecule has 0 bridgehead atoms. The van der Waals surface area contributed by atoms with E-state index in [0.717, 1.165) is 5.69 Å². The minimum Gasteiger partial charge on any atom is -0.336 e. The fraction of sp³-hybridized carbons (Fsp3) is 0. The molecule has 0 saturated heterocycles. The average molecular weight is 191 g/mol. The van der Waals surface area contributed by atoms with Crippen molar-refractivity contribution in [2.45, 2.75) is 0 Å². The average Bonchev–Trinajstić information content (AvgIpc) is 2.54. The first-order chi connectivity index (χ1) is 6.36. The Morgan fingerprint density at radius 2 is 2.00 bits per heavy atom. The Bertz CT molecular complexity index is 429. The summed E-state index contributed by atoms with van der Waals surface area (Å²) in [6.45, 7) is 0. The van der Waals surface area contributed by atoms with Crippen molar-refractivity contribution in [1.82, 2.24) is 9.66 Å². The van der Waals surface area contributed by atoms with Crippen molar-refractivity contribution in [2.24, 2.45) is 0 Å². The van der Waals surface area contributed by atoms with Crippen molar-refractivity contribution in [3.63, 3.8) is 0 Å². The van der Waals surface area contributed by atoms with E-state index in [1.807, 2.05) is 36.5 Å². The molecule has 13 heavy (non-hydrogen) atoms. The van der Waals surface area contributed by atoms with Gasteiger partial charge in [0, 0.05) is 12.4 Å². The van der Waals surface area contributed by atoms with Crippen molar-refractivity contribution in [2.75, 3.05) is 5.43 Å². The maximum absolute atomic E-state index is 5.03. The van der Waals surface area contributed by atoms with E-state index in [-0.39, 0.29) is 0 Å². The van der Waals surface area contributed by atoms with Crippen LogP contribution in [0.15, 0.2) is 42.7 Å². The SMILES string of the molecule is S=c1[nH]ccn1Nc1ccccc1. The molecule has 0 spiro atoms. The zero-order chi connectivity index (χ0) is 9.10. The van der Waals surface area contributed by atoms with Gasteiger partial charge in [-0.25, -0.2) is 4.68 Å². The molecule has 0 aliphatic heterocycles. The molecule has 0 saturated carbocycles. The molecule has 2 aromatic rings. The summed E-state index contributed by atoms with van der Waals surface area (Å²) >= 11 is 5.03. The van der Waals surface area contributed by atoms with Gasteiger partial charge in [-0.2, -0.15) is 0 Å². The number of nitrogens with zero attached hydrogens (tertiary/aromatic N) is 1. The van der Waals surface area contributed by atoms with Gasteiger partial charge in [-0.15, -0.1) is 0 Å². The number of anilines is 1. The second-order valence-corrected chi connectivity index (χ2v) is 3.00. The highest BCUT2D eigenvalue weighted by atomic mass is 32.1.